The van der Waals surface area contributed by atoms with Crippen LogP contribution in [0, 0.1) is 13.8 Å². The largest absolute Gasteiger partial charge is 0.466 e. The number of unbranched alkanes of at least 4 members (excludes halogenated alkanes) is 2. The number of benzene rings is 2. The number of carbonyl (C=O) groups is 3. The van der Waals surface area contributed by atoms with Crippen molar-refractivity contribution in [3.05, 3.63) is 99.0 Å². The van der Waals surface area contributed by atoms with Crippen molar-refractivity contribution in [3.63, 3.8) is 0 Å². The SMILES string of the molecule is CCOC(=O)Cc1cccc(Cn2nc(C)ccc2=O)c1.Cc1ccc(CC(=O)CCCCCNC(=O)OC(C)(C)C)cc1. The van der Waals surface area contributed by atoms with Crippen LogP contribution in [0.4, 0.5) is 4.79 Å². The van der Waals surface area contributed by atoms with Crippen LogP contribution in [0.1, 0.15) is 81.3 Å². The minimum Gasteiger partial charge on any atom is -0.466 e. The molecule has 9 nitrogen and oxygen atoms in total. The molecule has 3 rings (SSSR count). The van der Waals surface area contributed by atoms with E-state index in [0.29, 0.717) is 32.5 Å². The van der Waals surface area contributed by atoms with Crippen molar-refractivity contribution in [3.8, 4) is 0 Å². The van der Waals surface area contributed by atoms with Crippen LogP contribution < -0.4 is 10.9 Å². The number of hydrogen-bond acceptors (Lipinski definition) is 7. The van der Waals surface area contributed by atoms with E-state index in [1.54, 1.807) is 13.0 Å². The smallest absolute Gasteiger partial charge is 0.407 e. The number of rotatable bonds is 13. The molecule has 0 spiro atoms. The Bertz CT molecular complexity index is 1410. The molecular weight excluding hydrogens is 558 g/mol. The van der Waals surface area contributed by atoms with Crippen LogP contribution in [0.3, 0.4) is 0 Å². The number of esters is 1. The van der Waals surface area contributed by atoms with Crippen LogP contribution in [-0.4, -0.2) is 46.4 Å². The molecule has 1 N–H and O–H groups in total. The molecule has 1 heterocycles. The highest BCUT2D eigenvalue weighted by atomic mass is 16.6. The van der Waals surface area contributed by atoms with E-state index in [2.05, 4.69) is 10.4 Å². The molecule has 0 bridgehead atoms. The molecule has 0 saturated carbocycles. The quantitative estimate of drug-likeness (QED) is 0.191. The van der Waals surface area contributed by atoms with Crippen molar-refractivity contribution >= 4 is 17.8 Å². The number of aromatic nitrogens is 2. The maximum absolute atomic E-state index is 11.9. The zero-order valence-electron chi connectivity index (χ0n) is 27.0. The van der Waals surface area contributed by atoms with Crippen molar-refractivity contribution in [1.82, 2.24) is 15.1 Å². The van der Waals surface area contributed by atoms with Crippen LogP contribution in [0.5, 0.6) is 0 Å². The predicted molar refractivity (Wildman–Crippen MR) is 172 cm³/mol. The van der Waals surface area contributed by atoms with Crippen molar-refractivity contribution in [2.45, 2.75) is 92.2 Å². The van der Waals surface area contributed by atoms with Gasteiger partial charge in [0.2, 0.25) is 0 Å². The third-order valence-electron chi connectivity index (χ3n) is 6.30. The fourth-order valence-electron chi connectivity index (χ4n) is 4.20. The highest BCUT2D eigenvalue weighted by Crippen LogP contribution is 2.10. The molecule has 0 unspecified atom stereocenters. The van der Waals surface area contributed by atoms with Crippen molar-refractivity contribution < 1.29 is 23.9 Å². The van der Waals surface area contributed by atoms with E-state index in [-0.39, 0.29) is 29.8 Å². The van der Waals surface area contributed by atoms with Gasteiger partial charge in [-0.1, -0.05) is 60.5 Å². The van der Waals surface area contributed by atoms with Gasteiger partial charge in [-0.25, -0.2) is 9.48 Å². The number of amides is 1. The molecule has 0 aliphatic carbocycles. The van der Waals surface area contributed by atoms with Gasteiger partial charge in [0.1, 0.15) is 11.4 Å². The van der Waals surface area contributed by atoms with Gasteiger partial charge in [0.25, 0.3) is 5.56 Å². The van der Waals surface area contributed by atoms with E-state index < -0.39 is 5.60 Å². The monoisotopic (exact) mass is 605 g/mol. The lowest BCUT2D eigenvalue weighted by Crippen LogP contribution is -2.32. The predicted octanol–water partition coefficient (Wildman–Crippen LogP) is 5.90. The topological polar surface area (TPSA) is 117 Å². The van der Waals surface area contributed by atoms with Crippen molar-refractivity contribution in [2.24, 2.45) is 0 Å². The van der Waals surface area contributed by atoms with E-state index in [1.165, 1.54) is 16.3 Å². The fourth-order valence-corrected chi connectivity index (χ4v) is 4.20. The van der Waals surface area contributed by atoms with Crippen LogP contribution in [0.2, 0.25) is 0 Å². The standard InChI is InChI=1S/C19H29NO3.C16H18N2O3/c1-15-9-11-16(12-10-15)14-17(21)8-6-5-7-13-20-18(22)23-19(2,3)4;1-3-21-16(20)10-13-5-4-6-14(9-13)11-18-15(19)8-7-12(2)17-18/h9-12H,5-8,13-14H2,1-4H3,(H,20,22);4-9H,3,10-11H2,1-2H3. The second-order valence-corrected chi connectivity index (χ2v) is 11.7. The number of nitrogens with one attached hydrogen (secondary N) is 1. The first-order valence-corrected chi connectivity index (χ1v) is 15.2. The van der Waals surface area contributed by atoms with Crippen LogP contribution in [-0.2, 0) is 38.4 Å². The van der Waals surface area contributed by atoms with Gasteiger partial charge in [0.15, 0.2) is 0 Å². The zero-order valence-corrected chi connectivity index (χ0v) is 27.0. The van der Waals surface area contributed by atoms with E-state index in [0.717, 1.165) is 41.6 Å². The summed E-state index contributed by atoms with van der Waals surface area (Å²) in [6.07, 6.45) is 3.61. The molecule has 44 heavy (non-hydrogen) atoms. The summed E-state index contributed by atoms with van der Waals surface area (Å²) < 4.78 is 11.5. The third-order valence-corrected chi connectivity index (χ3v) is 6.30. The Morgan fingerprint density at radius 2 is 1.57 bits per heavy atom. The van der Waals surface area contributed by atoms with Gasteiger partial charge in [-0.05, 0) is 77.1 Å². The molecule has 0 aliphatic rings. The molecule has 3 aromatic rings. The average Bonchev–Trinajstić information content (AvgIpc) is 2.94. The number of ketones is 1. The Kier molecular flexibility index (Phi) is 15.0. The fraction of sp³-hybridized carbons (Fsp3) is 0.457. The Morgan fingerprint density at radius 3 is 2.25 bits per heavy atom. The Labute approximate surface area is 261 Å². The summed E-state index contributed by atoms with van der Waals surface area (Å²) in [4.78, 5) is 46.6. The van der Waals surface area contributed by atoms with Gasteiger partial charge in [0.05, 0.1) is 25.3 Å². The highest BCUT2D eigenvalue weighted by Gasteiger charge is 2.15. The number of hydrogen-bond donors (Lipinski definition) is 1. The molecule has 9 heteroatoms. The minimum atomic E-state index is -0.466. The summed E-state index contributed by atoms with van der Waals surface area (Å²) >= 11 is 0. The molecule has 1 aromatic heterocycles. The van der Waals surface area contributed by atoms with Gasteiger partial charge in [-0.15, -0.1) is 0 Å². The second-order valence-electron chi connectivity index (χ2n) is 11.7. The Balaban J connectivity index is 0.000000308. The lowest BCUT2D eigenvalue weighted by atomic mass is 10.0. The lowest BCUT2D eigenvalue weighted by molar-refractivity contribution is -0.142. The van der Waals surface area contributed by atoms with Gasteiger partial charge in [0, 0.05) is 25.5 Å². The Morgan fingerprint density at radius 1 is 0.864 bits per heavy atom. The molecule has 0 aliphatic heterocycles. The third kappa shape index (κ3) is 15.3. The summed E-state index contributed by atoms with van der Waals surface area (Å²) in [5.74, 6) is 0.0226. The summed E-state index contributed by atoms with van der Waals surface area (Å²) in [6, 6.07) is 18.8. The molecule has 0 radical (unpaired) electrons. The van der Waals surface area contributed by atoms with Crippen molar-refractivity contribution in [2.75, 3.05) is 13.2 Å². The number of Topliss-reactive ketones (excluding diaryl/α,β-unsaturated/α-hetero) is 1. The van der Waals surface area contributed by atoms with Crippen LogP contribution in [0.15, 0.2) is 65.5 Å². The molecule has 238 valence electrons. The number of alkyl carbamates (subject to hydrolysis) is 1. The first-order valence-electron chi connectivity index (χ1n) is 15.2. The highest BCUT2D eigenvalue weighted by molar-refractivity contribution is 5.80. The van der Waals surface area contributed by atoms with Crippen LogP contribution in [0.25, 0.3) is 0 Å². The molecule has 0 fully saturated rings. The van der Waals surface area contributed by atoms with Crippen LogP contribution >= 0.6 is 0 Å². The number of ether oxygens (including phenoxy) is 2. The Hall–Kier alpha value is -4.27. The number of carbonyl (C=O) groups excluding carboxylic acids is 3. The molecule has 1 amide bonds. The lowest BCUT2D eigenvalue weighted by Gasteiger charge is -2.19. The maximum atomic E-state index is 11.9. The zero-order chi connectivity index (χ0) is 32.5. The van der Waals surface area contributed by atoms with E-state index >= 15 is 0 Å². The van der Waals surface area contributed by atoms with Gasteiger partial charge in [-0.2, -0.15) is 5.10 Å². The van der Waals surface area contributed by atoms with Crippen molar-refractivity contribution in [1.29, 1.82) is 0 Å². The molecule has 2 aromatic carbocycles. The minimum absolute atomic E-state index is 0.142. The molecular formula is C35H47N3O6. The normalized spacial score (nSPS) is 10.8. The summed E-state index contributed by atoms with van der Waals surface area (Å²) in [5.41, 5.74) is 4.26. The van der Waals surface area contributed by atoms with Gasteiger partial charge >= 0.3 is 12.1 Å². The molecule has 0 atom stereocenters. The van der Waals surface area contributed by atoms with E-state index in [1.807, 2.05) is 83.1 Å². The first kappa shape index (κ1) is 35.9. The van der Waals surface area contributed by atoms with Gasteiger partial charge < -0.3 is 14.8 Å². The van der Waals surface area contributed by atoms with E-state index in [9.17, 15) is 19.2 Å². The first-order chi connectivity index (χ1) is 20.8. The average molecular weight is 606 g/mol. The van der Waals surface area contributed by atoms with E-state index in [4.69, 9.17) is 9.47 Å². The second kappa shape index (κ2) is 18.4. The maximum Gasteiger partial charge on any atom is 0.407 e. The summed E-state index contributed by atoms with van der Waals surface area (Å²) in [6.45, 7) is 12.5. The number of aryl methyl sites for hydroxylation is 2. The molecule has 0 saturated heterocycles. The summed E-state index contributed by atoms with van der Waals surface area (Å²) in [5, 5.41) is 6.93. The van der Waals surface area contributed by atoms with Gasteiger partial charge in [-0.3, -0.25) is 14.4 Å². The summed E-state index contributed by atoms with van der Waals surface area (Å²) in [7, 11) is 0. The number of nitrogens with zero attached hydrogens (tertiary/aromatic N) is 2.